The number of benzene rings is 1. The van der Waals surface area contributed by atoms with Crippen LogP contribution in [-0.2, 0) is 49.1 Å². The molecule has 6 rings (SSSR count). The van der Waals surface area contributed by atoms with Crippen molar-refractivity contribution in [3.05, 3.63) is 56.9 Å². The van der Waals surface area contributed by atoms with Crippen molar-refractivity contribution in [3.8, 4) is 17.1 Å². The maximum atomic E-state index is 14.1. The van der Waals surface area contributed by atoms with Crippen molar-refractivity contribution in [1.29, 1.82) is 0 Å². The normalized spacial score (nSPS) is 17.9. The fraction of sp³-hybridized carbons (Fsp3) is 0.550. The molecule has 3 aliphatic rings. The van der Waals surface area contributed by atoms with Crippen LogP contribution < -0.4 is 10.3 Å². The summed E-state index contributed by atoms with van der Waals surface area (Å²) in [6.07, 6.45) is 2.90. The molecule has 1 atom stereocenters. The number of carbonyl (C=O) groups excluding carboxylic acids is 4. The number of esters is 2. The van der Waals surface area contributed by atoms with E-state index in [9.17, 15) is 24.0 Å². The van der Waals surface area contributed by atoms with Gasteiger partial charge in [-0.3, -0.25) is 9.59 Å². The van der Waals surface area contributed by atoms with Crippen LogP contribution in [0.4, 0.5) is 9.59 Å². The zero-order chi connectivity index (χ0) is 38.9. The first-order chi connectivity index (χ1) is 25.7. The molecule has 0 bridgehead atoms. The van der Waals surface area contributed by atoms with Crippen LogP contribution in [0.1, 0.15) is 95.4 Å². The second kappa shape index (κ2) is 15.4. The molecule has 1 fully saturated rings. The Kier molecular flexibility index (Phi) is 11.0. The summed E-state index contributed by atoms with van der Waals surface area (Å²) in [4.78, 5) is 76.6. The minimum Gasteiger partial charge on any atom is -0.457 e. The van der Waals surface area contributed by atoms with Gasteiger partial charge in [-0.05, 0) is 72.0 Å². The van der Waals surface area contributed by atoms with Gasteiger partial charge in [0.1, 0.15) is 18.0 Å². The number of aromatic nitrogens is 2. The lowest BCUT2D eigenvalue weighted by Crippen LogP contribution is -2.52. The Morgan fingerprint density at radius 2 is 1.67 bits per heavy atom. The number of carbonyl (C=O) groups is 4. The number of ether oxygens (including phenoxy) is 4. The van der Waals surface area contributed by atoms with Gasteiger partial charge in [0.05, 0.1) is 29.0 Å². The first kappa shape index (κ1) is 38.7. The van der Waals surface area contributed by atoms with Crippen LogP contribution in [-0.4, -0.2) is 94.3 Å². The first-order valence-corrected chi connectivity index (χ1v) is 18.9. The number of unbranched alkanes of at least 4 members (excludes halogenated alkanes) is 3. The molecule has 14 nitrogen and oxygen atoms in total. The lowest BCUT2D eigenvalue weighted by Gasteiger charge is -2.35. The molecule has 1 aromatic carbocycles. The minimum atomic E-state index is -1.73. The number of amides is 2. The Bertz CT molecular complexity index is 2030. The number of fused-ring (bicyclic) bond motifs is 5. The zero-order valence-corrected chi connectivity index (χ0v) is 32.4. The van der Waals surface area contributed by atoms with Crippen molar-refractivity contribution in [2.45, 2.75) is 104 Å². The third kappa shape index (κ3) is 7.66. The Morgan fingerprint density at radius 1 is 0.963 bits per heavy atom. The standard InChI is InChI=1S/C40H51N5O9/c1-8-10-11-12-13-33(46)53-40(9-2)29-21-31-34-25(22-45(31)35(47)28(29)24-51-36(40)48)20-26-27(23-42(6)7)32(15-14-30(26)41-34)52-37(49)43-16-18-44(19-17-43)38(50)54-39(3,4)5/h14-15,20-21H,8-13,16-19,22-24H2,1-7H3/t40-/m0/s1. The molecule has 14 heteroatoms. The van der Waals surface area contributed by atoms with Crippen molar-refractivity contribution in [2.75, 3.05) is 40.3 Å². The van der Waals surface area contributed by atoms with Crippen molar-refractivity contribution in [2.24, 2.45) is 0 Å². The number of piperazine rings is 1. The van der Waals surface area contributed by atoms with E-state index < -0.39 is 35.3 Å². The van der Waals surface area contributed by atoms with Crippen LogP contribution in [0.2, 0.25) is 0 Å². The van der Waals surface area contributed by atoms with E-state index in [1.807, 2.05) is 45.8 Å². The molecule has 2 amide bonds. The fourth-order valence-corrected chi connectivity index (χ4v) is 7.32. The van der Waals surface area contributed by atoms with E-state index in [0.717, 1.165) is 35.8 Å². The van der Waals surface area contributed by atoms with Crippen molar-refractivity contribution in [3.63, 3.8) is 0 Å². The van der Waals surface area contributed by atoms with Crippen molar-refractivity contribution >= 4 is 35.0 Å². The van der Waals surface area contributed by atoms with Gasteiger partial charge in [-0.2, -0.15) is 0 Å². The third-order valence-electron chi connectivity index (χ3n) is 10.1. The quantitative estimate of drug-likeness (QED) is 0.112. The molecule has 0 radical (unpaired) electrons. The van der Waals surface area contributed by atoms with Crippen LogP contribution in [0.25, 0.3) is 22.3 Å². The SMILES string of the molecule is CCCCCCC(=O)O[C@]1(CC)C(=O)OCc2c1cc1n(c2=O)Cc2cc3c(CN(C)C)c(OC(=O)N4CCN(C(=O)OC(C)(C)C)CC4)ccc3nc2-1. The Labute approximate surface area is 315 Å². The van der Waals surface area contributed by atoms with E-state index in [2.05, 4.69) is 6.92 Å². The molecule has 2 aromatic heterocycles. The predicted molar refractivity (Wildman–Crippen MR) is 200 cm³/mol. The van der Waals surface area contributed by atoms with E-state index in [1.165, 1.54) is 0 Å². The fourth-order valence-electron chi connectivity index (χ4n) is 7.32. The highest BCUT2D eigenvalue weighted by atomic mass is 16.6. The summed E-state index contributed by atoms with van der Waals surface area (Å²) in [5.41, 5.74) is 1.24. The molecule has 0 N–H and O–H groups in total. The molecule has 3 aliphatic heterocycles. The summed E-state index contributed by atoms with van der Waals surface area (Å²) in [5, 5.41) is 0.770. The second-order valence-electron chi connectivity index (χ2n) is 15.5. The largest absolute Gasteiger partial charge is 0.457 e. The van der Waals surface area contributed by atoms with Crippen molar-refractivity contribution < 1.29 is 38.1 Å². The summed E-state index contributed by atoms with van der Waals surface area (Å²) in [7, 11) is 3.84. The number of nitrogens with zero attached hydrogens (tertiary/aromatic N) is 5. The molecule has 290 valence electrons. The van der Waals surface area contributed by atoms with Crippen molar-refractivity contribution in [1.82, 2.24) is 24.3 Å². The number of hydrogen-bond acceptors (Lipinski definition) is 11. The summed E-state index contributed by atoms with van der Waals surface area (Å²) >= 11 is 0. The highest BCUT2D eigenvalue weighted by Crippen LogP contribution is 2.42. The van der Waals surface area contributed by atoms with E-state index in [4.69, 9.17) is 23.9 Å². The highest BCUT2D eigenvalue weighted by molar-refractivity contribution is 5.91. The van der Waals surface area contributed by atoms with Gasteiger partial charge < -0.3 is 38.2 Å². The second-order valence-corrected chi connectivity index (χ2v) is 15.5. The molecular weight excluding hydrogens is 694 g/mol. The van der Waals surface area contributed by atoms with Gasteiger partial charge in [0.2, 0.25) is 5.60 Å². The van der Waals surface area contributed by atoms with E-state index in [0.29, 0.717) is 67.4 Å². The molecule has 0 aliphatic carbocycles. The zero-order valence-electron chi connectivity index (χ0n) is 32.4. The molecular formula is C40H51N5O9. The van der Waals surface area contributed by atoms with Gasteiger partial charge in [0.15, 0.2) is 0 Å². The smallest absolute Gasteiger partial charge is 0.415 e. The third-order valence-corrected chi connectivity index (χ3v) is 10.1. The summed E-state index contributed by atoms with van der Waals surface area (Å²) in [5.74, 6) is -0.801. The number of cyclic esters (lactones) is 1. The van der Waals surface area contributed by atoms with Gasteiger partial charge in [-0.25, -0.2) is 19.4 Å². The molecule has 5 heterocycles. The molecule has 3 aromatic rings. The average molecular weight is 746 g/mol. The Balaban J connectivity index is 1.29. The number of pyridine rings is 2. The molecule has 1 saturated heterocycles. The molecule has 54 heavy (non-hydrogen) atoms. The molecule has 0 saturated carbocycles. The summed E-state index contributed by atoms with van der Waals surface area (Å²) in [6, 6.07) is 7.24. The van der Waals surface area contributed by atoms with Crippen LogP contribution in [0.3, 0.4) is 0 Å². The lowest BCUT2D eigenvalue weighted by atomic mass is 9.85. The Hall–Kier alpha value is -4.98. The van der Waals surface area contributed by atoms with Crippen LogP contribution >= 0.6 is 0 Å². The monoisotopic (exact) mass is 745 g/mol. The minimum absolute atomic E-state index is 0.106. The summed E-state index contributed by atoms with van der Waals surface area (Å²) < 4.78 is 24.5. The maximum absolute atomic E-state index is 14.1. The van der Waals surface area contributed by atoms with Gasteiger partial charge in [0, 0.05) is 61.2 Å². The number of hydrogen-bond donors (Lipinski definition) is 0. The average Bonchev–Trinajstić information content (AvgIpc) is 3.48. The lowest BCUT2D eigenvalue weighted by molar-refractivity contribution is -0.189. The van der Waals surface area contributed by atoms with Crippen LogP contribution in [0, 0.1) is 0 Å². The van der Waals surface area contributed by atoms with Gasteiger partial charge in [0.25, 0.3) is 5.56 Å². The first-order valence-electron chi connectivity index (χ1n) is 18.9. The van der Waals surface area contributed by atoms with Crippen LogP contribution in [0.15, 0.2) is 29.1 Å². The van der Waals surface area contributed by atoms with Gasteiger partial charge in [-0.15, -0.1) is 0 Å². The Morgan fingerprint density at radius 3 is 2.31 bits per heavy atom. The van der Waals surface area contributed by atoms with Gasteiger partial charge >= 0.3 is 24.1 Å². The van der Waals surface area contributed by atoms with Crippen LogP contribution in [0.5, 0.6) is 5.75 Å². The summed E-state index contributed by atoms with van der Waals surface area (Å²) in [6.45, 7) is 11.0. The molecule has 0 spiro atoms. The van der Waals surface area contributed by atoms with E-state index in [1.54, 1.807) is 39.5 Å². The molecule has 0 unspecified atom stereocenters. The topological polar surface area (TPSA) is 150 Å². The highest BCUT2D eigenvalue weighted by Gasteiger charge is 2.50. The maximum Gasteiger partial charge on any atom is 0.415 e. The van der Waals surface area contributed by atoms with Gasteiger partial charge in [-0.1, -0.05) is 33.1 Å². The number of rotatable bonds is 10. The van der Waals surface area contributed by atoms with E-state index >= 15 is 0 Å². The predicted octanol–water partition coefficient (Wildman–Crippen LogP) is 5.71. The van der Waals surface area contributed by atoms with E-state index in [-0.39, 0.29) is 37.1 Å².